The Bertz CT molecular complexity index is 313. The maximum atomic E-state index is 13.7. The van der Waals surface area contributed by atoms with Crippen LogP contribution in [0.3, 0.4) is 0 Å². The summed E-state index contributed by atoms with van der Waals surface area (Å²) in [4.78, 5) is 0. The molecule has 0 aliphatic heterocycles. The van der Waals surface area contributed by atoms with Gasteiger partial charge in [-0.2, -0.15) is 0 Å². The molecule has 0 heterocycles. The van der Waals surface area contributed by atoms with Gasteiger partial charge in [-0.05, 0) is 29.6 Å². The van der Waals surface area contributed by atoms with E-state index in [1.54, 1.807) is 9.24 Å². The number of nitrogens with two attached hydrogens (primary N) is 1. The lowest BCUT2D eigenvalue weighted by Gasteiger charge is -2.29. The number of alkyl halides is 2. The zero-order valence-corrected chi connectivity index (χ0v) is 12.8. The number of hydrogen-bond donors (Lipinski definition) is 1. The summed E-state index contributed by atoms with van der Waals surface area (Å²) in [5.74, 6) is 0.438. The van der Waals surface area contributed by atoms with Gasteiger partial charge >= 0.3 is 0 Å². The second kappa shape index (κ2) is 4.66. The molecule has 2 rings (SSSR count). The first-order chi connectivity index (χ1) is 8.15. The van der Waals surface area contributed by atoms with E-state index in [-0.39, 0.29) is 17.4 Å². The fourth-order valence-corrected chi connectivity index (χ4v) is 4.53. The molecule has 2 saturated carbocycles. The molecule has 2 aliphatic carbocycles. The molecular formula is C14H26F2NP. The molecule has 0 spiro atoms. The maximum absolute atomic E-state index is 13.7. The van der Waals surface area contributed by atoms with E-state index in [1.807, 2.05) is 6.92 Å². The molecule has 18 heavy (non-hydrogen) atoms. The molecule has 2 N–H and O–H groups in total. The highest BCUT2D eigenvalue weighted by Gasteiger charge is 2.59. The van der Waals surface area contributed by atoms with Crippen molar-refractivity contribution in [3.63, 3.8) is 0 Å². The second-order valence-electron chi connectivity index (χ2n) is 7.06. The third-order valence-electron chi connectivity index (χ3n) is 5.48. The minimum Gasteiger partial charge on any atom is -0.327 e. The zero-order valence-electron chi connectivity index (χ0n) is 11.6. The van der Waals surface area contributed by atoms with Gasteiger partial charge in [0.2, 0.25) is 0 Å². The molecule has 2 aliphatic rings. The molecule has 0 radical (unpaired) electrons. The molecule has 2 fully saturated rings. The third kappa shape index (κ3) is 2.58. The van der Waals surface area contributed by atoms with Crippen molar-refractivity contribution in [1.82, 2.24) is 0 Å². The van der Waals surface area contributed by atoms with Crippen LogP contribution in [-0.2, 0) is 0 Å². The largest absolute Gasteiger partial charge is 0.327 e. The van der Waals surface area contributed by atoms with Crippen LogP contribution in [0.15, 0.2) is 0 Å². The first-order valence-electron chi connectivity index (χ1n) is 7.08. The Hall–Kier alpha value is 0.250. The van der Waals surface area contributed by atoms with Crippen LogP contribution in [0, 0.1) is 29.1 Å². The molecule has 106 valence electrons. The summed E-state index contributed by atoms with van der Waals surface area (Å²) in [6, 6.07) is 0.203. The zero-order chi connectivity index (χ0) is 13.7. The summed E-state index contributed by atoms with van der Waals surface area (Å²) in [7, 11) is 1.76. The normalized spacial score (nSPS) is 44.5. The quantitative estimate of drug-likeness (QED) is 0.601. The highest BCUT2D eigenvalue weighted by Crippen LogP contribution is 2.59. The Balaban J connectivity index is 2.10. The van der Waals surface area contributed by atoms with E-state index in [4.69, 9.17) is 5.73 Å². The van der Waals surface area contributed by atoms with E-state index in [0.29, 0.717) is 18.3 Å². The summed E-state index contributed by atoms with van der Waals surface area (Å²) in [5.41, 5.74) is 3.64. The number of halogens is 2. The monoisotopic (exact) mass is 277 g/mol. The molecule has 0 aromatic heterocycles. The van der Waals surface area contributed by atoms with Crippen molar-refractivity contribution in [2.75, 3.05) is 0 Å². The van der Waals surface area contributed by atoms with Gasteiger partial charge in [0.1, 0.15) is 0 Å². The van der Waals surface area contributed by atoms with Crippen molar-refractivity contribution in [1.29, 1.82) is 0 Å². The second-order valence-corrected chi connectivity index (χ2v) is 7.83. The van der Waals surface area contributed by atoms with Gasteiger partial charge in [0, 0.05) is 12.0 Å². The van der Waals surface area contributed by atoms with Gasteiger partial charge in [-0.1, -0.05) is 49.3 Å². The Morgan fingerprint density at radius 1 is 1.28 bits per heavy atom. The Labute approximate surface area is 111 Å². The molecule has 0 aromatic rings. The summed E-state index contributed by atoms with van der Waals surface area (Å²) in [5, 5.41) is 0. The molecule has 0 amide bonds. The lowest BCUT2D eigenvalue weighted by atomic mass is 9.83. The maximum Gasteiger partial charge on any atom is 0.262 e. The Morgan fingerprint density at radius 3 is 2.28 bits per heavy atom. The summed E-state index contributed by atoms with van der Waals surface area (Å²) >= 11 is 0. The van der Waals surface area contributed by atoms with Crippen molar-refractivity contribution in [2.45, 2.75) is 58.2 Å². The highest BCUT2D eigenvalue weighted by molar-refractivity contribution is 7.18. The van der Waals surface area contributed by atoms with Crippen LogP contribution in [0.25, 0.3) is 0 Å². The predicted molar refractivity (Wildman–Crippen MR) is 74.5 cm³/mol. The Kier molecular flexibility index (Phi) is 3.80. The Morgan fingerprint density at radius 2 is 1.83 bits per heavy atom. The van der Waals surface area contributed by atoms with E-state index < -0.39 is 11.6 Å². The van der Waals surface area contributed by atoms with Crippen molar-refractivity contribution in [3.8, 4) is 0 Å². The predicted octanol–water partition coefficient (Wildman–Crippen LogP) is 3.88. The van der Waals surface area contributed by atoms with Gasteiger partial charge in [-0.25, -0.2) is 8.78 Å². The van der Waals surface area contributed by atoms with E-state index in [1.165, 1.54) is 0 Å². The molecule has 0 saturated heterocycles. The first kappa shape index (κ1) is 14.7. The SMILES string of the molecule is CC1CCCC([C@H]2[C@H](N)C2(C)C)C[C@@H]1C(F)(F)P. The van der Waals surface area contributed by atoms with Gasteiger partial charge in [-0.15, -0.1) is 0 Å². The van der Waals surface area contributed by atoms with Crippen molar-refractivity contribution < 1.29 is 8.78 Å². The first-order valence-corrected chi connectivity index (χ1v) is 7.65. The molecule has 4 heteroatoms. The van der Waals surface area contributed by atoms with Crippen LogP contribution in [-0.4, -0.2) is 11.7 Å². The van der Waals surface area contributed by atoms with Gasteiger partial charge in [0.15, 0.2) is 0 Å². The average molecular weight is 277 g/mol. The van der Waals surface area contributed by atoms with Crippen LogP contribution in [0.4, 0.5) is 8.78 Å². The third-order valence-corrected chi connectivity index (χ3v) is 5.90. The van der Waals surface area contributed by atoms with Gasteiger partial charge in [-0.3, -0.25) is 0 Å². The molecular weight excluding hydrogens is 251 g/mol. The fraction of sp³-hybridized carbons (Fsp3) is 1.00. The van der Waals surface area contributed by atoms with Gasteiger partial charge in [0.05, 0.1) is 0 Å². The lowest BCUT2D eigenvalue weighted by molar-refractivity contribution is -0.00104. The smallest absolute Gasteiger partial charge is 0.262 e. The standard InChI is InChI=1S/C14H26F2NP/c1-8-5-4-6-9(7-10(8)14(15,16)18)11-12(17)13(11,2)3/h8-12H,4-7,17-18H2,1-3H3/t8?,9?,10-,11-,12-/m0/s1. The van der Waals surface area contributed by atoms with Crippen LogP contribution in [0.1, 0.15) is 46.5 Å². The van der Waals surface area contributed by atoms with Gasteiger partial charge < -0.3 is 5.73 Å². The number of rotatable bonds is 2. The van der Waals surface area contributed by atoms with Crippen LogP contribution in [0.2, 0.25) is 0 Å². The number of hydrogen-bond acceptors (Lipinski definition) is 1. The minimum atomic E-state index is -2.63. The van der Waals surface area contributed by atoms with E-state index in [0.717, 1.165) is 19.3 Å². The summed E-state index contributed by atoms with van der Waals surface area (Å²) in [6.45, 7) is 6.32. The lowest BCUT2D eigenvalue weighted by Crippen LogP contribution is -2.29. The van der Waals surface area contributed by atoms with Gasteiger partial charge in [0.25, 0.3) is 5.66 Å². The van der Waals surface area contributed by atoms with Crippen molar-refractivity contribution in [3.05, 3.63) is 0 Å². The molecule has 3 unspecified atom stereocenters. The highest BCUT2D eigenvalue weighted by atomic mass is 31.0. The fourth-order valence-electron chi connectivity index (χ4n) is 4.06. The minimum absolute atomic E-state index is 0.112. The summed E-state index contributed by atoms with van der Waals surface area (Å²) in [6.07, 6.45) is 3.71. The summed E-state index contributed by atoms with van der Waals surface area (Å²) < 4.78 is 27.4. The van der Waals surface area contributed by atoms with Crippen molar-refractivity contribution >= 4 is 9.24 Å². The van der Waals surface area contributed by atoms with E-state index >= 15 is 0 Å². The van der Waals surface area contributed by atoms with Crippen LogP contribution < -0.4 is 5.73 Å². The molecule has 0 bridgehead atoms. The molecule has 0 aromatic carbocycles. The topological polar surface area (TPSA) is 26.0 Å². The van der Waals surface area contributed by atoms with Crippen molar-refractivity contribution in [2.24, 2.45) is 34.8 Å². The average Bonchev–Trinajstić information content (AvgIpc) is 2.77. The van der Waals surface area contributed by atoms with E-state index in [2.05, 4.69) is 13.8 Å². The van der Waals surface area contributed by atoms with Crippen LogP contribution >= 0.6 is 9.24 Å². The molecule has 6 atom stereocenters. The van der Waals surface area contributed by atoms with E-state index in [9.17, 15) is 8.78 Å². The van der Waals surface area contributed by atoms with Crippen LogP contribution in [0.5, 0.6) is 0 Å². The molecule has 1 nitrogen and oxygen atoms in total.